The predicted octanol–water partition coefficient (Wildman–Crippen LogP) is 7.19. The van der Waals surface area contributed by atoms with Gasteiger partial charge in [0.1, 0.15) is 16.3 Å². The fourth-order valence-corrected chi connectivity index (χ4v) is 5.78. The molecule has 0 aliphatic heterocycles. The fraction of sp³-hybridized carbons (Fsp3) is 0.269. The smallest absolute Gasteiger partial charge is 0.125 e. The highest BCUT2D eigenvalue weighted by Crippen LogP contribution is 2.43. The highest BCUT2D eigenvalue weighted by atomic mass is 35.5. The van der Waals surface area contributed by atoms with Crippen molar-refractivity contribution in [3.05, 3.63) is 65.0 Å². The summed E-state index contributed by atoms with van der Waals surface area (Å²) < 4.78 is 10.8. The van der Waals surface area contributed by atoms with E-state index in [1.807, 2.05) is 35.6 Å². The zero-order valence-corrected chi connectivity index (χ0v) is 19.6. The molecule has 0 N–H and O–H groups in total. The Kier molecular flexibility index (Phi) is 6.22. The van der Waals surface area contributed by atoms with Crippen molar-refractivity contribution in [2.45, 2.75) is 26.2 Å². The van der Waals surface area contributed by atoms with E-state index in [9.17, 15) is 0 Å². The SMILES string of the molecule is COc1ccc(-c2cc(-c3cccc(OC)c3)nc3sc4c(c23)CCC(C)C4)cc1.Cl. The molecule has 1 aliphatic carbocycles. The highest BCUT2D eigenvalue weighted by molar-refractivity contribution is 7.19. The summed E-state index contributed by atoms with van der Waals surface area (Å²) >= 11 is 1.87. The van der Waals surface area contributed by atoms with E-state index in [1.165, 1.54) is 33.4 Å². The number of halogens is 1. The molecule has 31 heavy (non-hydrogen) atoms. The Morgan fingerprint density at radius 3 is 2.45 bits per heavy atom. The molecular weight excluding hydrogens is 426 g/mol. The second-order valence-corrected chi connectivity index (χ2v) is 9.13. The van der Waals surface area contributed by atoms with Crippen LogP contribution in [0.2, 0.25) is 0 Å². The summed E-state index contributed by atoms with van der Waals surface area (Å²) in [4.78, 5) is 7.76. The molecule has 0 amide bonds. The zero-order valence-electron chi connectivity index (χ0n) is 18.0. The number of hydrogen-bond acceptors (Lipinski definition) is 4. The number of nitrogens with zero attached hydrogens (tertiary/aromatic N) is 1. The lowest BCUT2D eigenvalue weighted by atomic mass is 9.87. The van der Waals surface area contributed by atoms with Crippen molar-refractivity contribution >= 4 is 34.0 Å². The van der Waals surface area contributed by atoms with Crippen LogP contribution in [-0.4, -0.2) is 19.2 Å². The van der Waals surface area contributed by atoms with Gasteiger partial charge in [0.15, 0.2) is 0 Å². The van der Waals surface area contributed by atoms with E-state index < -0.39 is 0 Å². The Labute approximate surface area is 193 Å². The third-order valence-electron chi connectivity index (χ3n) is 6.03. The van der Waals surface area contributed by atoms with E-state index in [4.69, 9.17) is 14.5 Å². The molecule has 5 heteroatoms. The average molecular weight is 452 g/mol. The summed E-state index contributed by atoms with van der Waals surface area (Å²) in [5.74, 6) is 2.46. The van der Waals surface area contributed by atoms with Crippen molar-refractivity contribution in [3.8, 4) is 33.9 Å². The number of hydrogen-bond donors (Lipinski definition) is 0. The quantitative estimate of drug-likeness (QED) is 0.329. The summed E-state index contributed by atoms with van der Waals surface area (Å²) in [5.41, 5.74) is 6.02. The Morgan fingerprint density at radius 1 is 0.935 bits per heavy atom. The molecule has 1 atom stereocenters. The van der Waals surface area contributed by atoms with Crippen molar-refractivity contribution in [2.24, 2.45) is 5.92 Å². The molecule has 2 heterocycles. The van der Waals surface area contributed by atoms with Gasteiger partial charge < -0.3 is 9.47 Å². The predicted molar refractivity (Wildman–Crippen MR) is 132 cm³/mol. The largest absolute Gasteiger partial charge is 0.497 e. The van der Waals surface area contributed by atoms with Crippen LogP contribution in [0.5, 0.6) is 11.5 Å². The van der Waals surface area contributed by atoms with Crippen LogP contribution in [0.1, 0.15) is 23.8 Å². The van der Waals surface area contributed by atoms with E-state index in [2.05, 4.69) is 37.3 Å². The minimum absolute atomic E-state index is 0. The number of benzene rings is 2. The van der Waals surface area contributed by atoms with Crippen LogP contribution in [0.25, 0.3) is 32.6 Å². The van der Waals surface area contributed by atoms with Gasteiger partial charge in [-0.25, -0.2) is 4.98 Å². The lowest BCUT2D eigenvalue weighted by molar-refractivity contribution is 0.415. The van der Waals surface area contributed by atoms with E-state index >= 15 is 0 Å². The molecular formula is C26H26ClNO2S. The van der Waals surface area contributed by atoms with Crippen molar-refractivity contribution in [1.82, 2.24) is 4.98 Å². The molecule has 0 saturated heterocycles. The molecule has 0 spiro atoms. The normalized spacial score (nSPS) is 15.3. The lowest BCUT2D eigenvalue weighted by Crippen LogP contribution is -2.08. The number of aryl methyl sites for hydroxylation is 1. The molecule has 1 aliphatic rings. The van der Waals surface area contributed by atoms with Crippen LogP contribution < -0.4 is 9.47 Å². The van der Waals surface area contributed by atoms with Crippen LogP contribution in [0.4, 0.5) is 0 Å². The van der Waals surface area contributed by atoms with Gasteiger partial charge in [-0.1, -0.05) is 31.2 Å². The number of fused-ring (bicyclic) bond motifs is 3. The Balaban J connectivity index is 0.00000231. The van der Waals surface area contributed by atoms with E-state index in [1.54, 1.807) is 14.2 Å². The van der Waals surface area contributed by atoms with Gasteiger partial charge in [-0.15, -0.1) is 23.7 Å². The fourth-order valence-electron chi connectivity index (χ4n) is 4.37. The van der Waals surface area contributed by atoms with Crippen molar-refractivity contribution in [1.29, 1.82) is 0 Å². The van der Waals surface area contributed by atoms with Gasteiger partial charge in [0.05, 0.1) is 19.9 Å². The number of pyridine rings is 1. The molecule has 0 radical (unpaired) electrons. The van der Waals surface area contributed by atoms with Gasteiger partial charge in [-0.2, -0.15) is 0 Å². The van der Waals surface area contributed by atoms with Gasteiger partial charge in [-0.3, -0.25) is 0 Å². The van der Waals surface area contributed by atoms with E-state index in [-0.39, 0.29) is 12.4 Å². The minimum atomic E-state index is 0. The van der Waals surface area contributed by atoms with Gasteiger partial charge in [0.2, 0.25) is 0 Å². The summed E-state index contributed by atoms with van der Waals surface area (Å²) in [7, 11) is 3.41. The van der Waals surface area contributed by atoms with Gasteiger partial charge >= 0.3 is 0 Å². The lowest BCUT2D eigenvalue weighted by Gasteiger charge is -2.18. The second-order valence-electron chi connectivity index (χ2n) is 8.05. The Hall–Kier alpha value is -2.56. The molecule has 1 unspecified atom stereocenters. The molecule has 2 aromatic carbocycles. The van der Waals surface area contributed by atoms with Crippen LogP contribution in [0.3, 0.4) is 0 Å². The molecule has 5 rings (SSSR count). The van der Waals surface area contributed by atoms with Crippen LogP contribution in [-0.2, 0) is 12.8 Å². The molecule has 0 fully saturated rings. The summed E-state index contributed by atoms with van der Waals surface area (Å²) in [6.45, 7) is 2.35. The first-order valence-electron chi connectivity index (χ1n) is 10.4. The average Bonchev–Trinajstić information content (AvgIpc) is 3.16. The number of methoxy groups -OCH3 is 2. The van der Waals surface area contributed by atoms with Gasteiger partial charge in [0, 0.05) is 15.8 Å². The Morgan fingerprint density at radius 2 is 1.71 bits per heavy atom. The highest BCUT2D eigenvalue weighted by Gasteiger charge is 2.24. The number of ether oxygens (including phenoxy) is 2. The first-order chi connectivity index (χ1) is 14.7. The topological polar surface area (TPSA) is 31.4 Å². The summed E-state index contributed by atoms with van der Waals surface area (Å²) in [5, 5.41) is 1.33. The van der Waals surface area contributed by atoms with Crippen molar-refractivity contribution in [3.63, 3.8) is 0 Å². The van der Waals surface area contributed by atoms with Crippen molar-refractivity contribution in [2.75, 3.05) is 14.2 Å². The number of rotatable bonds is 4. The molecule has 0 bridgehead atoms. The van der Waals surface area contributed by atoms with Crippen LogP contribution in [0.15, 0.2) is 54.6 Å². The monoisotopic (exact) mass is 451 g/mol. The summed E-state index contributed by atoms with van der Waals surface area (Å²) in [6, 6.07) is 18.8. The molecule has 2 aromatic heterocycles. The first-order valence-corrected chi connectivity index (χ1v) is 11.2. The number of aromatic nitrogens is 1. The third kappa shape index (κ3) is 4.02. The Bertz CT molecular complexity index is 1220. The van der Waals surface area contributed by atoms with Crippen LogP contribution >= 0.6 is 23.7 Å². The van der Waals surface area contributed by atoms with Crippen molar-refractivity contribution < 1.29 is 9.47 Å². The van der Waals surface area contributed by atoms with E-state index in [0.717, 1.165) is 46.3 Å². The van der Waals surface area contributed by atoms with Crippen LogP contribution in [0, 0.1) is 5.92 Å². The van der Waals surface area contributed by atoms with Gasteiger partial charge in [-0.05, 0) is 72.2 Å². The maximum absolute atomic E-state index is 5.44. The van der Waals surface area contributed by atoms with E-state index in [0.29, 0.717) is 0 Å². The minimum Gasteiger partial charge on any atom is -0.497 e. The number of thiophene rings is 1. The molecule has 3 nitrogen and oxygen atoms in total. The first kappa shape index (κ1) is 21.7. The zero-order chi connectivity index (χ0) is 20.7. The molecule has 0 saturated carbocycles. The maximum atomic E-state index is 5.44. The molecule has 4 aromatic rings. The van der Waals surface area contributed by atoms with Gasteiger partial charge in [0.25, 0.3) is 0 Å². The second kappa shape index (κ2) is 8.89. The standard InChI is InChI=1S/C26H25NO2S.ClH/c1-16-7-12-21-24(13-16)30-26-25(21)22(17-8-10-19(28-2)11-9-17)15-23(27-26)18-5-4-6-20(14-18)29-3;/h4-6,8-11,14-16H,7,12-13H2,1-3H3;1H. The molecule has 160 valence electrons. The maximum Gasteiger partial charge on any atom is 0.125 e. The summed E-state index contributed by atoms with van der Waals surface area (Å²) in [6.07, 6.45) is 3.55. The third-order valence-corrected chi connectivity index (χ3v) is 7.18.